The monoisotopic (exact) mass is 249 g/mol. The van der Waals surface area contributed by atoms with Gasteiger partial charge in [0.1, 0.15) is 5.69 Å². The minimum Gasteiger partial charge on any atom is -0.545 e. The Labute approximate surface area is 103 Å². The summed E-state index contributed by atoms with van der Waals surface area (Å²) in [5.41, 5.74) is 0.973. The molecule has 17 heavy (non-hydrogen) atoms. The Hall–Kier alpha value is -1.95. The second-order valence-electron chi connectivity index (χ2n) is 3.69. The van der Waals surface area contributed by atoms with E-state index in [0.29, 0.717) is 4.77 Å². The van der Waals surface area contributed by atoms with Crippen molar-refractivity contribution in [3.63, 3.8) is 0 Å². The van der Waals surface area contributed by atoms with E-state index in [9.17, 15) is 9.90 Å². The van der Waals surface area contributed by atoms with Crippen molar-refractivity contribution in [1.82, 2.24) is 9.78 Å². The number of hydrogen-bond donors (Lipinski definition) is 1. The van der Waals surface area contributed by atoms with Gasteiger partial charge < -0.3 is 9.90 Å². The van der Waals surface area contributed by atoms with Crippen molar-refractivity contribution < 1.29 is 14.5 Å². The minimum atomic E-state index is -1.18. The van der Waals surface area contributed by atoms with Crippen LogP contribution in [0.4, 0.5) is 0 Å². The first-order chi connectivity index (χ1) is 8.00. The van der Waals surface area contributed by atoms with Crippen LogP contribution >= 0.6 is 12.2 Å². The average Bonchev–Trinajstić information content (AvgIpc) is 2.57. The van der Waals surface area contributed by atoms with E-state index >= 15 is 0 Å². The molecule has 2 aromatic rings. The molecular weight excluding hydrogens is 238 g/mol. The Morgan fingerprint density at radius 1 is 1.41 bits per heavy atom. The summed E-state index contributed by atoms with van der Waals surface area (Å²) in [6.45, 7) is 1.92. The van der Waals surface area contributed by atoms with Crippen LogP contribution < -0.4 is 9.67 Å². The quantitative estimate of drug-likeness (QED) is 0.603. The molecule has 0 atom stereocenters. The Balaban J connectivity index is 2.50. The van der Waals surface area contributed by atoms with E-state index in [1.807, 2.05) is 18.5 Å². The van der Waals surface area contributed by atoms with Crippen molar-refractivity contribution in [3.8, 4) is 5.69 Å². The number of aromatic carboxylic acids is 1. The van der Waals surface area contributed by atoms with Crippen LogP contribution in [0, 0.1) is 11.7 Å². The number of carbonyl (C=O) groups is 1. The van der Waals surface area contributed by atoms with E-state index in [1.54, 1.807) is 16.8 Å². The van der Waals surface area contributed by atoms with Gasteiger partial charge in [0, 0.05) is 6.92 Å². The zero-order valence-electron chi connectivity index (χ0n) is 9.43. The van der Waals surface area contributed by atoms with Crippen molar-refractivity contribution >= 4 is 18.2 Å². The van der Waals surface area contributed by atoms with Crippen molar-refractivity contribution in [1.29, 1.82) is 0 Å². The second-order valence-corrected chi connectivity index (χ2v) is 4.08. The van der Waals surface area contributed by atoms with Crippen molar-refractivity contribution in [3.05, 3.63) is 40.4 Å². The number of nitrogens with one attached hydrogen (secondary N) is 1. The van der Waals surface area contributed by atoms with E-state index in [-0.39, 0.29) is 5.56 Å². The summed E-state index contributed by atoms with van der Waals surface area (Å²) >= 11 is 5.11. The average molecular weight is 249 g/mol. The van der Waals surface area contributed by atoms with Crippen molar-refractivity contribution in [2.75, 3.05) is 0 Å². The summed E-state index contributed by atoms with van der Waals surface area (Å²) < 4.78 is 4.23. The first-order valence-electron chi connectivity index (χ1n) is 5.00. The maximum absolute atomic E-state index is 10.6. The van der Waals surface area contributed by atoms with E-state index < -0.39 is 5.97 Å². The molecular formula is C11H11N3O2S. The molecule has 0 saturated heterocycles. The summed E-state index contributed by atoms with van der Waals surface area (Å²) in [5, 5.41) is 13.6. The van der Waals surface area contributed by atoms with Crippen LogP contribution in [0.3, 0.4) is 0 Å². The van der Waals surface area contributed by atoms with Gasteiger partial charge in [-0.15, -0.1) is 9.78 Å². The summed E-state index contributed by atoms with van der Waals surface area (Å²) in [6, 6.07) is 6.40. The maximum Gasteiger partial charge on any atom is 0.323 e. The van der Waals surface area contributed by atoms with Crippen LogP contribution in [0.2, 0.25) is 0 Å². The Kier molecular flexibility index (Phi) is 2.81. The third kappa shape index (κ3) is 1.99. The van der Waals surface area contributed by atoms with E-state index in [4.69, 9.17) is 12.2 Å². The van der Waals surface area contributed by atoms with Gasteiger partial charge in [0.2, 0.25) is 5.82 Å². The highest BCUT2D eigenvalue weighted by molar-refractivity contribution is 7.71. The smallest absolute Gasteiger partial charge is 0.323 e. The molecule has 0 bridgehead atoms. The van der Waals surface area contributed by atoms with Crippen LogP contribution in [0.1, 0.15) is 16.2 Å². The first kappa shape index (κ1) is 11.5. The third-order valence-corrected chi connectivity index (χ3v) is 3.05. The molecule has 0 saturated carbocycles. The summed E-state index contributed by atoms with van der Waals surface area (Å²) in [7, 11) is 1.86. The highest BCUT2D eigenvalue weighted by atomic mass is 32.1. The van der Waals surface area contributed by atoms with Gasteiger partial charge in [0.05, 0.1) is 13.0 Å². The van der Waals surface area contributed by atoms with Gasteiger partial charge in [-0.3, -0.25) is 0 Å². The number of rotatable bonds is 2. The number of carboxylic acid groups (broad SMARTS) is 1. The number of benzene rings is 1. The number of hydrogen-bond acceptors (Lipinski definition) is 3. The second kappa shape index (κ2) is 4.14. The highest BCUT2D eigenvalue weighted by Crippen LogP contribution is 2.09. The lowest BCUT2D eigenvalue weighted by atomic mass is 10.2. The Morgan fingerprint density at radius 2 is 2.00 bits per heavy atom. The van der Waals surface area contributed by atoms with Gasteiger partial charge in [-0.05, 0) is 42.0 Å². The lowest BCUT2D eigenvalue weighted by Crippen LogP contribution is -2.31. The highest BCUT2D eigenvalue weighted by Gasteiger charge is 2.13. The molecule has 0 spiro atoms. The first-order valence-corrected chi connectivity index (χ1v) is 5.41. The van der Waals surface area contributed by atoms with Gasteiger partial charge >= 0.3 is 4.77 Å². The number of aromatic nitrogens is 3. The largest absolute Gasteiger partial charge is 0.545 e. The van der Waals surface area contributed by atoms with Crippen LogP contribution in [-0.4, -0.2) is 15.7 Å². The standard InChI is InChI=1S/C11H11N3O2S/c1-7-13(2)11(17)12-14(7)9-5-3-8(4-6-9)10(15)16/h3-6H,1-2H3,(H-,12,15,16,17). The molecule has 0 aliphatic carbocycles. The number of carboxylic acids is 1. The summed E-state index contributed by atoms with van der Waals surface area (Å²) in [5.74, 6) is -0.254. The molecule has 5 nitrogen and oxygen atoms in total. The fourth-order valence-corrected chi connectivity index (χ4v) is 1.77. The Morgan fingerprint density at radius 3 is 2.41 bits per heavy atom. The van der Waals surface area contributed by atoms with Gasteiger partial charge in [-0.25, -0.2) is 4.57 Å². The van der Waals surface area contributed by atoms with Gasteiger partial charge in [-0.1, -0.05) is 0 Å². The minimum absolute atomic E-state index is 0.154. The van der Waals surface area contributed by atoms with Crippen LogP contribution in [-0.2, 0) is 7.05 Å². The topological polar surface area (TPSA) is 64.7 Å². The molecule has 0 unspecified atom stereocenters. The lowest BCUT2D eigenvalue weighted by molar-refractivity contribution is -0.684. The van der Waals surface area contributed by atoms with Gasteiger partial charge in [0.25, 0.3) is 0 Å². The van der Waals surface area contributed by atoms with E-state index in [0.717, 1.165) is 11.5 Å². The number of H-pyrrole nitrogens is 1. The van der Waals surface area contributed by atoms with Crippen molar-refractivity contribution in [2.24, 2.45) is 7.05 Å². The Bertz CT molecular complexity index is 625. The summed E-state index contributed by atoms with van der Waals surface area (Å²) in [4.78, 5) is 10.6. The van der Waals surface area contributed by atoms with Gasteiger partial charge in [-0.2, -0.15) is 0 Å². The normalized spacial score (nSPS) is 10.5. The molecule has 88 valence electrons. The predicted octanol–water partition coefficient (Wildman–Crippen LogP) is 0.0313. The SMILES string of the molecule is Cc1n(-c2ccc(C(=O)[O-])cc2)[nH]c(=S)[n+]1C. The molecule has 0 aliphatic rings. The zero-order valence-corrected chi connectivity index (χ0v) is 10.2. The van der Waals surface area contributed by atoms with Crippen molar-refractivity contribution in [2.45, 2.75) is 6.92 Å². The molecule has 2 rings (SSSR count). The van der Waals surface area contributed by atoms with Gasteiger partial charge in [0.15, 0.2) is 0 Å². The molecule has 0 aliphatic heterocycles. The molecule has 1 aromatic heterocycles. The molecule has 0 amide bonds. The van der Waals surface area contributed by atoms with Crippen LogP contribution in [0.25, 0.3) is 5.69 Å². The molecule has 1 aromatic carbocycles. The van der Waals surface area contributed by atoms with E-state index in [1.165, 1.54) is 12.1 Å². The fourth-order valence-electron chi connectivity index (χ4n) is 1.55. The van der Waals surface area contributed by atoms with E-state index in [2.05, 4.69) is 5.10 Å². The third-order valence-electron chi connectivity index (χ3n) is 2.68. The maximum atomic E-state index is 10.6. The molecule has 0 radical (unpaired) electrons. The molecule has 6 heteroatoms. The number of carbonyl (C=O) groups excluding carboxylic acids is 1. The number of nitrogens with zero attached hydrogens (tertiary/aromatic N) is 2. The molecule has 1 heterocycles. The summed E-state index contributed by atoms with van der Waals surface area (Å²) in [6.07, 6.45) is 0. The lowest BCUT2D eigenvalue weighted by Gasteiger charge is -2.02. The molecule has 0 fully saturated rings. The van der Waals surface area contributed by atoms with Crippen LogP contribution in [0.5, 0.6) is 0 Å². The van der Waals surface area contributed by atoms with Crippen LogP contribution in [0.15, 0.2) is 24.3 Å². The fraction of sp³-hybridized carbons (Fsp3) is 0.182. The predicted molar refractivity (Wildman–Crippen MR) is 61.2 cm³/mol. The zero-order chi connectivity index (χ0) is 12.6. The number of aromatic amines is 1. The molecule has 1 N–H and O–H groups in total.